The fourth-order valence-electron chi connectivity index (χ4n) is 0. The van der Waals surface area contributed by atoms with Gasteiger partial charge in [-0.1, -0.05) is 0 Å². The van der Waals surface area contributed by atoms with Gasteiger partial charge < -0.3 is 25.3 Å². The number of carboxylic acid groups (broad SMARTS) is 2. The first kappa shape index (κ1) is 26.2. The number of hydrogen-bond acceptors (Lipinski definition) is 4. The molecule has 6 heteroatoms. The van der Waals surface area contributed by atoms with E-state index in [2.05, 4.69) is 0 Å². The third-order valence-electron chi connectivity index (χ3n) is 0. The summed E-state index contributed by atoms with van der Waals surface area (Å²) in [6, 6.07) is 0. The second-order valence-electron chi connectivity index (χ2n) is 0.192. The standard InChI is InChI=1S/2CH2O2.Co.H2O/c2*2-1-3;;/h2*1H,(H,2,3);;1H2/q;;+2;/p-2. The Morgan fingerprint density at radius 1 is 1.00 bits per heavy atom. The molecule has 0 aliphatic carbocycles. The van der Waals surface area contributed by atoms with Crippen LogP contribution in [0.25, 0.3) is 0 Å². The molecular weight excluding hydrogens is 163 g/mol. The Hall–Kier alpha value is -0.594. The van der Waals surface area contributed by atoms with Crippen LogP contribution in [0.15, 0.2) is 0 Å². The van der Waals surface area contributed by atoms with E-state index in [-0.39, 0.29) is 22.3 Å². The Kier molecular flexibility index (Phi) is 310. The molecule has 0 aliphatic rings. The SMILES string of the molecule is O.O=C[O-].O=C[O-].[Co+2]. The molecule has 0 heterocycles. The van der Waals surface area contributed by atoms with Crippen LogP contribution in [-0.2, 0) is 26.4 Å². The first-order valence-electron chi connectivity index (χ1n) is 0.943. The van der Waals surface area contributed by atoms with E-state index >= 15 is 0 Å². The van der Waals surface area contributed by atoms with Gasteiger partial charge in [0.25, 0.3) is 0 Å². The summed E-state index contributed by atoms with van der Waals surface area (Å²) in [7, 11) is 0. The number of hydrogen-bond donors (Lipinski definition) is 0. The van der Waals surface area contributed by atoms with E-state index < -0.39 is 12.9 Å². The molecule has 0 atom stereocenters. The molecule has 0 aliphatic heterocycles. The van der Waals surface area contributed by atoms with Crippen LogP contribution in [0.2, 0.25) is 0 Å². The third kappa shape index (κ3) is 298. The summed E-state index contributed by atoms with van der Waals surface area (Å²) in [4.78, 5) is 16.5. The largest absolute Gasteiger partial charge is 2.00 e. The molecule has 0 aromatic carbocycles. The van der Waals surface area contributed by atoms with Gasteiger partial charge in [0.05, 0.1) is 0 Å². The fourth-order valence-corrected chi connectivity index (χ4v) is 0. The Balaban J connectivity index is -0.0000000160. The molecule has 2 N–H and O–H groups in total. The van der Waals surface area contributed by atoms with Crippen LogP contribution in [0.5, 0.6) is 0 Å². The average Bonchev–Trinajstić information content (AvgIpc) is 1.39. The minimum Gasteiger partial charge on any atom is -0.554 e. The van der Waals surface area contributed by atoms with Gasteiger partial charge in [-0.3, -0.25) is 0 Å². The van der Waals surface area contributed by atoms with Crippen LogP contribution in [0.3, 0.4) is 0 Å². The Bertz CT molecular complexity index is 31.4. The van der Waals surface area contributed by atoms with E-state index in [4.69, 9.17) is 19.8 Å². The predicted molar refractivity (Wildman–Crippen MR) is 15.7 cm³/mol. The van der Waals surface area contributed by atoms with Crippen LogP contribution >= 0.6 is 0 Å². The summed E-state index contributed by atoms with van der Waals surface area (Å²) >= 11 is 0. The van der Waals surface area contributed by atoms with Crippen molar-refractivity contribution < 1.29 is 42.1 Å². The van der Waals surface area contributed by atoms with Crippen molar-refractivity contribution in [3.05, 3.63) is 0 Å². The van der Waals surface area contributed by atoms with Gasteiger partial charge in [-0.15, -0.1) is 0 Å². The third-order valence-corrected chi connectivity index (χ3v) is 0. The zero-order chi connectivity index (χ0) is 5.41. The molecule has 0 unspecified atom stereocenters. The van der Waals surface area contributed by atoms with Gasteiger partial charge in [-0.05, 0) is 0 Å². The van der Waals surface area contributed by atoms with Crippen molar-refractivity contribution >= 4 is 12.9 Å². The van der Waals surface area contributed by atoms with Crippen LogP contribution in [0, 0.1) is 0 Å². The van der Waals surface area contributed by atoms with Crippen LogP contribution in [0.1, 0.15) is 0 Å². The summed E-state index contributed by atoms with van der Waals surface area (Å²) < 4.78 is 0. The maximum Gasteiger partial charge on any atom is 2.00 e. The van der Waals surface area contributed by atoms with Gasteiger partial charge in [-0.25, -0.2) is 0 Å². The second kappa shape index (κ2) is 94.7. The first-order valence-corrected chi connectivity index (χ1v) is 0.943. The van der Waals surface area contributed by atoms with Crippen LogP contribution < -0.4 is 10.2 Å². The van der Waals surface area contributed by atoms with Crippen LogP contribution in [0.4, 0.5) is 0 Å². The Labute approximate surface area is 55.8 Å². The van der Waals surface area contributed by atoms with Crippen molar-refractivity contribution in [3.63, 3.8) is 0 Å². The van der Waals surface area contributed by atoms with Gasteiger partial charge >= 0.3 is 16.8 Å². The summed E-state index contributed by atoms with van der Waals surface area (Å²) in [6.45, 7) is -1.00. The molecule has 0 rings (SSSR count). The number of carbonyl (C=O) groups is 2. The number of rotatable bonds is 0. The van der Waals surface area contributed by atoms with E-state index in [1.54, 1.807) is 0 Å². The van der Waals surface area contributed by atoms with Crippen molar-refractivity contribution in [2.24, 2.45) is 0 Å². The molecule has 0 aromatic heterocycles. The summed E-state index contributed by atoms with van der Waals surface area (Å²) in [6.07, 6.45) is 0. The molecule has 1 radical (unpaired) electrons. The molecule has 51 valence electrons. The van der Waals surface area contributed by atoms with E-state index in [1.165, 1.54) is 0 Å². The van der Waals surface area contributed by atoms with E-state index in [0.717, 1.165) is 0 Å². The molecule has 0 fully saturated rings. The Morgan fingerprint density at radius 2 is 1.00 bits per heavy atom. The van der Waals surface area contributed by atoms with Gasteiger partial charge in [0.1, 0.15) is 0 Å². The monoisotopic (exact) mass is 167 g/mol. The predicted octanol–water partition coefficient (Wildman–Crippen LogP) is -4.09. The van der Waals surface area contributed by atoms with Crippen molar-refractivity contribution in [2.45, 2.75) is 0 Å². The van der Waals surface area contributed by atoms with Crippen LogP contribution in [-0.4, -0.2) is 18.4 Å². The van der Waals surface area contributed by atoms with Crippen molar-refractivity contribution in [3.8, 4) is 0 Å². The van der Waals surface area contributed by atoms with E-state index in [1.807, 2.05) is 0 Å². The van der Waals surface area contributed by atoms with Gasteiger partial charge in [0.15, 0.2) is 0 Å². The zero-order valence-corrected chi connectivity index (χ0v) is 4.66. The minimum atomic E-state index is -0.500. The maximum atomic E-state index is 8.25. The zero-order valence-electron chi connectivity index (χ0n) is 3.62. The molecule has 0 saturated heterocycles. The molecule has 0 amide bonds. The van der Waals surface area contributed by atoms with Crippen molar-refractivity contribution in [1.82, 2.24) is 0 Å². The smallest absolute Gasteiger partial charge is 0.554 e. The molecule has 0 spiro atoms. The van der Waals surface area contributed by atoms with Crippen molar-refractivity contribution in [2.75, 3.05) is 0 Å². The Morgan fingerprint density at radius 3 is 1.00 bits per heavy atom. The molecular formula is C2H4CoO5. The minimum absolute atomic E-state index is 0. The molecule has 5 nitrogen and oxygen atoms in total. The maximum absolute atomic E-state index is 8.25. The van der Waals surface area contributed by atoms with Crippen molar-refractivity contribution in [1.29, 1.82) is 0 Å². The van der Waals surface area contributed by atoms with E-state index in [0.29, 0.717) is 0 Å². The quantitative estimate of drug-likeness (QED) is 0.341. The van der Waals surface area contributed by atoms with Gasteiger partial charge in [0.2, 0.25) is 0 Å². The molecule has 0 saturated carbocycles. The summed E-state index contributed by atoms with van der Waals surface area (Å²) in [5.41, 5.74) is 0. The summed E-state index contributed by atoms with van der Waals surface area (Å²) in [5, 5.41) is 16.5. The average molecular weight is 167 g/mol. The van der Waals surface area contributed by atoms with Gasteiger partial charge in [-0.2, -0.15) is 0 Å². The molecule has 0 aromatic rings. The topological polar surface area (TPSA) is 112 Å². The molecule has 0 bridgehead atoms. The summed E-state index contributed by atoms with van der Waals surface area (Å²) in [5.74, 6) is 0. The van der Waals surface area contributed by atoms with Gasteiger partial charge in [0, 0.05) is 12.9 Å². The fraction of sp³-hybridized carbons (Fsp3) is 0. The normalized spacial score (nSPS) is 3.00. The first-order chi connectivity index (χ1) is 2.83. The number of carbonyl (C=O) groups excluding carboxylic acids is 2. The second-order valence-corrected chi connectivity index (χ2v) is 0.192. The molecule has 8 heavy (non-hydrogen) atoms. The van der Waals surface area contributed by atoms with E-state index in [9.17, 15) is 0 Å².